The number of phenols is 1. The molecule has 3 aliphatic heterocycles. The van der Waals surface area contributed by atoms with Gasteiger partial charge in [0.25, 0.3) is 0 Å². The number of likely N-dealkylation sites (N-methyl/N-ethyl adjacent to an activating group) is 1. The molecule has 0 spiro atoms. The SMILES string of the molecule is COc1ccc2cc1Oc1ccc(cc1)Cc1nccc3cc(OC)c(O)c(c13)Oc1cc3c(cc1OC)CCN(C)[C@@H]3C2. The van der Waals surface area contributed by atoms with Crippen LogP contribution in [0.1, 0.15) is 34.0 Å². The number of methoxy groups -OCH3 is 3. The van der Waals surface area contributed by atoms with Crippen LogP contribution in [-0.2, 0) is 19.3 Å². The van der Waals surface area contributed by atoms with Crippen molar-refractivity contribution < 1.29 is 28.8 Å². The lowest BCUT2D eigenvalue weighted by molar-refractivity contribution is 0.228. The fourth-order valence-corrected chi connectivity index (χ4v) is 6.33. The lowest BCUT2D eigenvalue weighted by atomic mass is 9.88. The third-order valence-electron chi connectivity index (χ3n) is 8.69. The molecule has 224 valence electrons. The lowest BCUT2D eigenvalue weighted by Gasteiger charge is -2.35. The summed E-state index contributed by atoms with van der Waals surface area (Å²) in [5.74, 6) is 3.66. The maximum atomic E-state index is 11.5. The Bertz CT molecular complexity index is 1870. The zero-order valence-electron chi connectivity index (χ0n) is 25.2. The van der Waals surface area contributed by atoms with Crippen molar-refractivity contribution in [2.24, 2.45) is 0 Å². The number of hydrogen-bond acceptors (Lipinski definition) is 8. The average Bonchev–Trinajstić information content (AvgIpc) is 3.04. The van der Waals surface area contributed by atoms with Crippen molar-refractivity contribution in [2.75, 3.05) is 34.9 Å². The Morgan fingerprint density at radius 2 is 1.57 bits per heavy atom. The van der Waals surface area contributed by atoms with Crippen LogP contribution in [0.5, 0.6) is 46.0 Å². The Hall–Kier alpha value is -4.95. The predicted molar refractivity (Wildman–Crippen MR) is 168 cm³/mol. The molecular formula is C36H34N2O6. The molecule has 0 amide bonds. The van der Waals surface area contributed by atoms with Crippen molar-refractivity contribution in [1.82, 2.24) is 9.88 Å². The van der Waals surface area contributed by atoms with Gasteiger partial charge in [0.1, 0.15) is 5.75 Å². The highest BCUT2D eigenvalue weighted by Gasteiger charge is 2.29. The Balaban J connectivity index is 1.47. The molecule has 8 nitrogen and oxygen atoms in total. The van der Waals surface area contributed by atoms with Gasteiger partial charge in [-0.2, -0.15) is 0 Å². The molecule has 0 saturated heterocycles. The second kappa shape index (κ2) is 11.3. The van der Waals surface area contributed by atoms with Crippen LogP contribution >= 0.6 is 0 Å². The van der Waals surface area contributed by atoms with E-state index < -0.39 is 0 Å². The Kier molecular flexibility index (Phi) is 7.14. The summed E-state index contributed by atoms with van der Waals surface area (Å²) in [4.78, 5) is 7.10. The van der Waals surface area contributed by atoms with Crippen molar-refractivity contribution in [3.8, 4) is 46.0 Å². The van der Waals surface area contributed by atoms with Gasteiger partial charge in [-0.05, 0) is 96.1 Å². The van der Waals surface area contributed by atoms with Gasteiger partial charge in [-0.1, -0.05) is 18.2 Å². The molecule has 6 bridgehead atoms. The number of nitrogens with zero attached hydrogens (tertiary/aromatic N) is 2. The molecule has 1 aromatic heterocycles. The Morgan fingerprint density at radius 3 is 2.34 bits per heavy atom. The van der Waals surface area contributed by atoms with Crippen molar-refractivity contribution >= 4 is 10.8 Å². The first-order valence-corrected chi connectivity index (χ1v) is 14.7. The van der Waals surface area contributed by atoms with Crippen LogP contribution in [0.15, 0.2) is 72.9 Å². The van der Waals surface area contributed by atoms with E-state index in [0.29, 0.717) is 46.3 Å². The number of benzene rings is 4. The number of ether oxygens (including phenoxy) is 5. The van der Waals surface area contributed by atoms with Crippen LogP contribution in [0.3, 0.4) is 0 Å². The predicted octanol–water partition coefficient (Wildman–Crippen LogP) is 7.23. The Labute approximate surface area is 256 Å². The summed E-state index contributed by atoms with van der Waals surface area (Å²) in [6, 6.07) is 21.9. The molecule has 0 aliphatic carbocycles. The zero-order chi connectivity index (χ0) is 30.4. The number of phenolic OH excluding ortho intramolecular Hbond substituents is 1. The van der Waals surface area contributed by atoms with E-state index in [-0.39, 0.29) is 17.5 Å². The Morgan fingerprint density at radius 1 is 0.818 bits per heavy atom. The number of rotatable bonds is 3. The first-order chi connectivity index (χ1) is 21.4. The van der Waals surface area contributed by atoms with Crippen LogP contribution in [-0.4, -0.2) is 49.9 Å². The van der Waals surface area contributed by atoms with E-state index in [0.717, 1.165) is 47.2 Å². The minimum absolute atomic E-state index is 0.0688. The average molecular weight is 591 g/mol. The van der Waals surface area contributed by atoms with E-state index in [1.54, 1.807) is 20.4 Å². The van der Waals surface area contributed by atoms with E-state index in [9.17, 15) is 5.11 Å². The van der Waals surface area contributed by atoms with E-state index >= 15 is 0 Å². The van der Waals surface area contributed by atoms with Gasteiger partial charge in [-0.15, -0.1) is 0 Å². The van der Waals surface area contributed by atoms with E-state index in [2.05, 4.69) is 36.2 Å². The summed E-state index contributed by atoms with van der Waals surface area (Å²) in [6.45, 7) is 0.906. The molecule has 0 saturated carbocycles. The molecule has 0 unspecified atom stereocenters. The largest absolute Gasteiger partial charge is 0.502 e. The van der Waals surface area contributed by atoms with E-state index in [1.165, 1.54) is 12.7 Å². The number of hydrogen-bond donors (Lipinski definition) is 1. The smallest absolute Gasteiger partial charge is 0.202 e. The molecule has 4 aromatic carbocycles. The molecule has 5 aromatic rings. The van der Waals surface area contributed by atoms with Gasteiger partial charge in [0.2, 0.25) is 5.75 Å². The number of aromatic nitrogens is 1. The maximum Gasteiger partial charge on any atom is 0.202 e. The molecule has 4 heterocycles. The molecule has 1 atom stereocenters. The van der Waals surface area contributed by atoms with Crippen LogP contribution < -0.4 is 23.7 Å². The van der Waals surface area contributed by atoms with Crippen molar-refractivity contribution in [1.29, 1.82) is 0 Å². The van der Waals surface area contributed by atoms with Gasteiger partial charge < -0.3 is 28.8 Å². The summed E-state index contributed by atoms with van der Waals surface area (Å²) < 4.78 is 30.1. The maximum absolute atomic E-state index is 11.5. The number of pyridine rings is 1. The standard InChI is InChI=1S/C36H34N2O6/c1-38-14-12-23-18-30(41-3)32-20-26(23)28(38)16-22-7-10-29(40-2)31(17-22)43-25-8-5-21(6-9-25)15-27-34-24(11-13-37-27)19-33(42-4)35(39)36(34)44-32/h5-11,13,17-20,28,39H,12,14-16H2,1-4H3/t28-/m1/s1. The number of aromatic hydroxyl groups is 1. The number of fused-ring (bicyclic) bond motifs is 2. The highest BCUT2D eigenvalue weighted by Crippen LogP contribution is 2.49. The molecule has 3 aliphatic rings. The highest BCUT2D eigenvalue weighted by molar-refractivity contribution is 5.95. The third-order valence-corrected chi connectivity index (χ3v) is 8.69. The summed E-state index contributed by atoms with van der Waals surface area (Å²) in [5.41, 5.74) is 5.26. The first kappa shape index (κ1) is 27.9. The molecular weight excluding hydrogens is 556 g/mol. The van der Waals surface area contributed by atoms with Crippen LogP contribution in [0.2, 0.25) is 0 Å². The summed E-state index contributed by atoms with van der Waals surface area (Å²) >= 11 is 0. The van der Waals surface area contributed by atoms with Gasteiger partial charge in [0, 0.05) is 25.2 Å². The summed E-state index contributed by atoms with van der Waals surface area (Å²) in [5, 5.41) is 13.0. The van der Waals surface area contributed by atoms with Crippen LogP contribution in [0.4, 0.5) is 0 Å². The normalized spacial score (nSPS) is 16.0. The molecule has 0 radical (unpaired) electrons. The summed E-state index contributed by atoms with van der Waals surface area (Å²) in [7, 11) is 6.97. The lowest BCUT2D eigenvalue weighted by Crippen LogP contribution is -2.33. The van der Waals surface area contributed by atoms with Gasteiger partial charge in [-0.3, -0.25) is 9.88 Å². The van der Waals surface area contributed by atoms with Crippen molar-refractivity contribution in [3.63, 3.8) is 0 Å². The monoisotopic (exact) mass is 590 g/mol. The second-order valence-corrected chi connectivity index (χ2v) is 11.3. The fraction of sp³-hybridized carbons (Fsp3) is 0.250. The van der Waals surface area contributed by atoms with Gasteiger partial charge in [0.05, 0.1) is 32.4 Å². The molecule has 0 fully saturated rings. The van der Waals surface area contributed by atoms with E-state index in [1.807, 2.05) is 42.5 Å². The summed E-state index contributed by atoms with van der Waals surface area (Å²) in [6.07, 6.45) is 3.90. The van der Waals surface area contributed by atoms with Gasteiger partial charge in [0.15, 0.2) is 34.5 Å². The molecule has 44 heavy (non-hydrogen) atoms. The fourth-order valence-electron chi connectivity index (χ4n) is 6.33. The third kappa shape index (κ3) is 4.91. The topological polar surface area (TPSA) is 82.5 Å². The molecule has 8 rings (SSSR count). The van der Waals surface area contributed by atoms with Gasteiger partial charge in [-0.25, -0.2) is 0 Å². The minimum Gasteiger partial charge on any atom is -0.502 e. The first-order valence-electron chi connectivity index (χ1n) is 14.7. The van der Waals surface area contributed by atoms with Crippen LogP contribution in [0, 0.1) is 0 Å². The van der Waals surface area contributed by atoms with Crippen LogP contribution in [0.25, 0.3) is 10.8 Å². The van der Waals surface area contributed by atoms with Crippen molar-refractivity contribution in [3.05, 3.63) is 101 Å². The molecule has 8 heteroatoms. The zero-order valence-corrected chi connectivity index (χ0v) is 25.2. The highest BCUT2D eigenvalue weighted by atomic mass is 16.5. The minimum atomic E-state index is -0.0911. The van der Waals surface area contributed by atoms with E-state index in [4.69, 9.17) is 28.7 Å². The van der Waals surface area contributed by atoms with Crippen molar-refractivity contribution in [2.45, 2.75) is 25.3 Å². The second-order valence-electron chi connectivity index (χ2n) is 11.3. The quantitative estimate of drug-likeness (QED) is 0.236. The van der Waals surface area contributed by atoms with Gasteiger partial charge >= 0.3 is 0 Å². The molecule has 1 N–H and O–H groups in total.